The third-order valence-corrected chi connectivity index (χ3v) is 5.67. The molecule has 0 saturated heterocycles. The smallest absolute Gasteiger partial charge is 0.383 e. The van der Waals surface area contributed by atoms with Gasteiger partial charge in [-0.3, -0.25) is 0 Å². The van der Waals surface area contributed by atoms with Gasteiger partial charge >= 0.3 is 6.18 Å². The average molecular weight is 430 g/mol. The van der Waals surface area contributed by atoms with Crippen LogP contribution in [0.25, 0.3) is 0 Å². The molecular formula is C13H9Br2F3OS. The van der Waals surface area contributed by atoms with Crippen molar-refractivity contribution in [1.29, 1.82) is 0 Å². The molecule has 0 aliphatic heterocycles. The molecule has 1 atom stereocenters. The number of aliphatic hydroxyl groups is 1. The van der Waals surface area contributed by atoms with Gasteiger partial charge in [-0.1, -0.05) is 15.9 Å². The molecule has 0 aliphatic carbocycles. The molecule has 1 nitrogen and oxygen atoms in total. The molecule has 1 aromatic heterocycles. The minimum absolute atomic E-state index is 0.202. The summed E-state index contributed by atoms with van der Waals surface area (Å²) >= 11 is 7.86. The Kier molecular flexibility index (Phi) is 4.63. The van der Waals surface area contributed by atoms with Crippen LogP contribution in [0.3, 0.4) is 0 Å². The fourth-order valence-corrected chi connectivity index (χ4v) is 3.73. The SMILES string of the molecule is Cc1sc(C(O)c2cc(C(F)(F)F)ccc2Br)cc1Br. The van der Waals surface area contributed by atoms with Crippen molar-refractivity contribution in [2.24, 2.45) is 0 Å². The van der Waals surface area contributed by atoms with Gasteiger partial charge in [-0.15, -0.1) is 11.3 Å². The van der Waals surface area contributed by atoms with Crippen LogP contribution in [0.5, 0.6) is 0 Å². The predicted molar refractivity (Wildman–Crippen MR) is 80.0 cm³/mol. The highest BCUT2D eigenvalue weighted by atomic mass is 79.9. The van der Waals surface area contributed by atoms with Crippen LogP contribution in [0.2, 0.25) is 0 Å². The van der Waals surface area contributed by atoms with Gasteiger partial charge in [0.1, 0.15) is 6.10 Å². The highest BCUT2D eigenvalue weighted by Gasteiger charge is 2.32. The van der Waals surface area contributed by atoms with Crippen molar-refractivity contribution in [2.45, 2.75) is 19.2 Å². The van der Waals surface area contributed by atoms with Gasteiger partial charge in [-0.2, -0.15) is 13.2 Å². The summed E-state index contributed by atoms with van der Waals surface area (Å²) in [5.41, 5.74) is -0.573. The number of hydrogen-bond acceptors (Lipinski definition) is 2. The fraction of sp³-hybridized carbons (Fsp3) is 0.231. The largest absolute Gasteiger partial charge is 0.416 e. The highest BCUT2D eigenvalue weighted by molar-refractivity contribution is 9.10. The van der Waals surface area contributed by atoms with Crippen molar-refractivity contribution >= 4 is 43.2 Å². The van der Waals surface area contributed by atoms with E-state index < -0.39 is 17.8 Å². The molecule has 0 aliphatic rings. The lowest BCUT2D eigenvalue weighted by Crippen LogP contribution is -2.07. The van der Waals surface area contributed by atoms with Crippen molar-refractivity contribution < 1.29 is 18.3 Å². The Bertz CT molecular complexity index is 618. The summed E-state index contributed by atoms with van der Waals surface area (Å²) in [7, 11) is 0. The number of benzene rings is 1. The molecule has 0 amide bonds. The van der Waals surface area contributed by atoms with E-state index in [9.17, 15) is 18.3 Å². The normalized spacial score (nSPS) is 13.6. The third kappa shape index (κ3) is 3.27. The zero-order valence-corrected chi connectivity index (χ0v) is 14.1. The Morgan fingerprint density at radius 3 is 2.30 bits per heavy atom. The van der Waals surface area contributed by atoms with Gasteiger partial charge in [-0.25, -0.2) is 0 Å². The molecule has 108 valence electrons. The van der Waals surface area contributed by atoms with E-state index in [4.69, 9.17) is 0 Å². The number of halogens is 5. The summed E-state index contributed by atoms with van der Waals surface area (Å²) in [5, 5.41) is 10.3. The number of rotatable bonds is 2. The van der Waals surface area contributed by atoms with Gasteiger partial charge in [-0.05, 0) is 47.1 Å². The van der Waals surface area contributed by atoms with Gasteiger partial charge in [0.15, 0.2) is 0 Å². The zero-order valence-electron chi connectivity index (χ0n) is 10.1. The number of alkyl halides is 3. The average Bonchev–Trinajstić information content (AvgIpc) is 2.68. The van der Waals surface area contributed by atoms with E-state index >= 15 is 0 Å². The van der Waals surface area contributed by atoms with Gasteiger partial charge in [0.05, 0.1) is 5.56 Å². The van der Waals surface area contributed by atoms with E-state index in [1.807, 2.05) is 6.92 Å². The predicted octanol–water partition coefficient (Wildman–Crippen LogP) is 5.68. The maximum Gasteiger partial charge on any atom is 0.416 e. The van der Waals surface area contributed by atoms with Gasteiger partial charge in [0.25, 0.3) is 0 Å². The van der Waals surface area contributed by atoms with Crippen LogP contribution in [0, 0.1) is 6.92 Å². The lowest BCUT2D eigenvalue weighted by Gasteiger charge is -2.14. The van der Waals surface area contributed by atoms with Crippen molar-refractivity contribution in [3.63, 3.8) is 0 Å². The summed E-state index contributed by atoms with van der Waals surface area (Å²) in [5.74, 6) is 0. The molecule has 0 saturated carbocycles. The van der Waals surface area contributed by atoms with Crippen molar-refractivity contribution in [1.82, 2.24) is 0 Å². The van der Waals surface area contributed by atoms with Crippen molar-refractivity contribution in [2.75, 3.05) is 0 Å². The van der Waals surface area contributed by atoms with Crippen LogP contribution in [0.15, 0.2) is 33.2 Å². The first-order chi connectivity index (χ1) is 9.20. The maximum atomic E-state index is 12.7. The summed E-state index contributed by atoms with van der Waals surface area (Å²) in [6, 6.07) is 4.97. The molecule has 7 heteroatoms. The summed E-state index contributed by atoms with van der Waals surface area (Å²) < 4.78 is 39.5. The van der Waals surface area contributed by atoms with Gasteiger partial charge in [0.2, 0.25) is 0 Å². The molecule has 0 radical (unpaired) electrons. The fourth-order valence-electron chi connectivity index (χ4n) is 1.70. The first-order valence-corrected chi connectivity index (χ1v) is 7.91. The van der Waals surface area contributed by atoms with E-state index in [0.29, 0.717) is 9.35 Å². The first-order valence-electron chi connectivity index (χ1n) is 5.50. The Morgan fingerprint density at radius 1 is 1.15 bits per heavy atom. The Labute approximate surface area is 134 Å². The van der Waals surface area contributed by atoms with E-state index in [2.05, 4.69) is 31.9 Å². The summed E-state index contributed by atoms with van der Waals surface area (Å²) in [4.78, 5) is 1.55. The number of thiophene rings is 1. The van der Waals surface area contributed by atoms with E-state index in [1.54, 1.807) is 6.07 Å². The monoisotopic (exact) mass is 428 g/mol. The lowest BCUT2D eigenvalue weighted by atomic mass is 10.0. The lowest BCUT2D eigenvalue weighted by molar-refractivity contribution is -0.137. The second kappa shape index (κ2) is 5.79. The number of aliphatic hydroxyl groups excluding tert-OH is 1. The molecule has 1 heterocycles. The standard InChI is InChI=1S/C13H9Br2F3OS/c1-6-10(15)5-11(20-6)12(19)8-4-7(13(16,17)18)2-3-9(8)14/h2-5,12,19H,1H3. The van der Waals surface area contributed by atoms with Crippen LogP contribution in [0.4, 0.5) is 13.2 Å². The van der Waals surface area contributed by atoms with Crippen LogP contribution >= 0.6 is 43.2 Å². The molecule has 1 N–H and O–H groups in total. The van der Waals surface area contributed by atoms with Gasteiger partial charge in [0, 0.05) is 24.3 Å². The molecule has 20 heavy (non-hydrogen) atoms. The Morgan fingerprint density at radius 2 is 1.80 bits per heavy atom. The summed E-state index contributed by atoms with van der Waals surface area (Å²) in [6.07, 6.45) is -5.53. The Hall–Kier alpha value is -0.370. The number of aryl methyl sites for hydroxylation is 1. The molecule has 0 fully saturated rings. The molecule has 2 aromatic rings. The first kappa shape index (κ1) is 16.0. The highest BCUT2D eigenvalue weighted by Crippen LogP contribution is 2.38. The van der Waals surface area contributed by atoms with Crippen LogP contribution in [0.1, 0.15) is 27.0 Å². The minimum Gasteiger partial charge on any atom is -0.383 e. The van der Waals surface area contributed by atoms with E-state index in [1.165, 1.54) is 17.4 Å². The van der Waals surface area contributed by atoms with Crippen molar-refractivity contribution in [3.05, 3.63) is 54.1 Å². The maximum absolute atomic E-state index is 12.7. The van der Waals surface area contributed by atoms with Crippen LogP contribution in [-0.2, 0) is 6.18 Å². The molecule has 1 aromatic carbocycles. The molecule has 0 spiro atoms. The topological polar surface area (TPSA) is 20.2 Å². The second-order valence-electron chi connectivity index (χ2n) is 4.19. The van der Waals surface area contributed by atoms with E-state index in [0.717, 1.165) is 21.5 Å². The summed E-state index contributed by atoms with van der Waals surface area (Å²) in [6.45, 7) is 1.87. The quantitative estimate of drug-likeness (QED) is 0.650. The molecule has 1 unspecified atom stereocenters. The third-order valence-electron chi connectivity index (χ3n) is 2.76. The van der Waals surface area contributed by atoms with E-state index in [-0.39, 0.29) is 5.56 Å². The zero-order chi connectivity index (χ0) is 15.1. The Balaban J connectivity index is 2.46. The van der Waals surface area contributed by atoms with Gasteiger partial charge < -0.3 is 5.11 Å². The molecule has 2 rings (SSSR count). The van der Waals surface area contributed by atoms with Crippen LogP contribution < -0.4 is 0 Å². The molecular weight excluding hydrogens is 421 g/mol. The number of hydrogen-bond donors (Lipinski definition) is 1. The molecule has 0 bridgehead atoms. The minimum atomic E-state index is -4.43. The van der Waals surface area contributed by atoms with Crippen molar-refractivity contribution in [3.8, 4) is 0 Å². The van der Waals surface area contributed by atoms with Crippen LogP contribution in [-0.4, -0.2) is 5.11 Å². The second-order valence-corrected chi connectivity index (χ2v) is 7.19.